The highest BCUT2D eigenvalue weighted by molar-refractivity contribution is 9.10. The highest BCUT2D eigenvalue weighted by Gasteiger charge is 2.33. The monoisotopic (exact) mass is 349 g/mol. The van der Waals surface area contributed by atoms with Crippen LogP contribution >= 0.6 is 15.9 Å². The fourth-order valence-electron chi connectivity index (χ4n) is 2.60. The van der Waals surface area contributed by atoms with Gasteiger partial charge in [0.05, 0.1) is 10.2 Å². The molecule has 110 valence electrons. The summed E-state index contributed by atoms with van der Waals surface area (Å²) < 4.78 is 4.50. The van der Waals surface area contributed by atoms with E-state index < -0.39 is 0 Å². The quantitative estimate of drug-likeness (QED) is 0.922. The van der Waals surface area contributed by atoms with Crippen molar-refractivity contribution in [2.75, 3.05) is 5.32 Å². The number of hydrogen-bond donors (Lipinski definition) is 1. The van der Waals surface area contributed by atoms with E-state index >= 15 is 0 Å². The van der Waals surface area contributed by atoms with Gasteiger partial charge in [-0.15, -0.1) is 0 Å². The minimum absolute atomic E-state index is 0.170. The first-order valence-electron chi connectivity index (χ1n) is 7.21. The summed E-state index contributed by atoms with van der Waals surface area (Å²) in [5, 5.41) is 7.38. The molecule has 21 heavy (non-hydrogen) atoms. The number of hydrogen-bond acceptors (Lipinski definition) is 3. The minimum Gasteiger partial charge on any atom is -0.314 e. The van der Waals surface area contributed by atoms with Crippen LogP contribution in [0.15, 0.2) is 16.9 Å². The third-order valence-corrected chi connectivity index (χ3v) is 4.81. The van der Waals surface area contributed by atoms with Gasteiger partial charge < -0.3 is 4.57 Å². The first-order chi connectivity index (χ1) is 10.1. The number of nitrogens with zero attached hydrogens (tertiary/aromatic N) is 4. The number of aryl methyl sites for hydroxylation is 1. The number of rotatable bonds is 4. The molecule has 0 saturated heterocycles. The fraction of sp³-hybridized carbons (Fsp3) is 0.500. The second-order valence-corrected chi connectivity index (χ2v) is 6.58. The zero-order valence-electron chi connectivity index (χ0n) is 11.7. The molecule has 0 aliphatic heterocycles. The lowest BCUT2D eigenvalue weighted by atomic mass is 10.2. The highest BCUT2D eigenvalue weighted by atomic mass is 79.9. The third-order valence-electron chi connectivity index (χ3n) is 4.03. The van der Waals surface area contributed by atoms with Crippen molar-refractivity contribution in [1.82, 2.24) is 19.3 Å². The molecule has 0 radical (unpaired) electrons. The summed E-state index contributed by atoms with van der Waals surface area (Å²) in [6.45, 7) is 0. The van der Waals surface area contributed by atoms with Crippen LogP contribution in [0.25, 0.3) is 0 Å². The van der Waals surface area contributed by atoms with Crippen LogP contribution in [0.4, 0.5) is 5.95 Å². The average molecular weight is 350 g/mol. The summed E-state index contributed by atoms with van der Waals surface area (Å²) >= 11 is 3.54. The van der Waals surface area contributed by atoms with Crippen molar-refractivity contribution in [1.29, 1.82) is 0 Å². The smallest absolute Gasteiger partial charge is 0.277 e. The second-order valence-electron chi connectivity index (χ2n) is 5.79. The number of carbonyl (C=O) groups is 1. The van der Waals surface area contributed by atoms with Gasteiger partial charge in [-0.2, -0.15) is 5.10 Å². The van der Waals surface area contributed by atoms with Crippen molar-refractivity contribution < 1.29 is 4.79 Å². The summed E-state index contributed by atoms with van der Waals surface area (Å²) in [5.41, 5.74) is 1.55. The molecule has 2 aromatic rings. The molecule has 0 unspecified atom stereocenters. The SMILES string of the molecule is Cn1nc(C2CC2)c(Br)c1C(=O)Nc1nccn1C1CC1. The Balaban J connectivity index is 1.61. The van der Waals surface area contributed by atoms with Crippen LogP contribution in [-0.4, -0.2) is 25.2 Å². The van der Waals surface area contributed by atoms with Crippen LogP contribution in [-0.2, 0) is 7.05 Å². The molecular weight excluding hydrogens is 334 g/mol. The van der Waals surface area contributed by atoms with E-state index in [1.165, 1.54) is 0 Å². The maximum absolute atomic E-state index is 12.5. The van der Waals surface area contributed by atoms with Gasteiger partial charge >= 0.3 is 0 Å². The van der Waals surface area contributed by atoms with E-state index in [1.54, 1.807) is 17.9 Å². The first-order valence-corrected chi connectivity index (χ1v) is 8.01. The van der Waals surface area contributed by atoms with Crippen molar-refractivity contribution in [3.05, 3.63) is 28.3 Å². The van der Waals surface area contributed by atoms with Crippen molar-refractivity contribution in [3.63, 3.8) is 0 Å². The van der Waals surface area contributed by atoms with Gasteiger partial charge in [0.15, 0.2) is 0 Å². The Morgan fingerprint density at radius 3 is 2.81 bits per heavy atom. The summed E-state index contributed by atoms with van der Waals surface area (Å²) in [6, 6.07) is 0.486. The summed E-state index contributed by atoms with van der Waals surface area (Å²) in [6.07, 6.45) is 8.26. The molecule has 1 N–H and O–H groups in total. The average Bonchev–Trinajstić information content (AvgIpc) is 3.36. The van der Waals surface area contributed by atoms with Crippen LogP contribution in [0.3, 0.4) is 0 Å². The molecule has 0 spiro atoms. The number of amides is 1. The fourth-order valence-corrected chi connectivity index (χ4v) is 3.44. The molecule has 6 nitrogen and oxygen atoms in total. The van der Waals surface area contributed by atoms with Gasteiger partial charge in [0, 0.05) is 31.4 Å². The standard InChI is InChI=1S/C14H16BrN5O/c1-19-12(10(15)11(18-19)8-2-3-8)13(21)17-14-16-6-7-20(14)9-4-5-9/h6-9H,2-5H2,1H3,(H,16,17,21). The molecular formula is C14H16BrN5O. The van der Waals surface area contributed by atoms with E-state index in [-0.39, 0.29) is 5.91 Å². The maximum Gasteiger partial charge on any atom is 0.277 e. The Hall–Kier alpha value is -1.63. The van der Waals surface area contributed by atoms with Crippen LogP contribution in [0.2, 0.25) is 0 Å². The maximum atomic E-state index is 12.5. The number of nitrogens with one attached hydrogen (secondary N) is 1. The van der Waals surface area contributed by atoms with Crippen molar-refractivity contribution in [2.45, 2.75) is 37.6 Å². The van der Waals surface area contributed by atoms with Gasteiger partial charge in [0.25, 0.3) is 5.91 Å². The predicted molar refractivity (Wildman–Crippen MR) is 81.3 cm³/mol. The van der Waals surface area contributed by atoms with E-state index in [2.05, 4.69) is 31.3 Å². The Labute approximate surface area is 130 Å². The Bertz CT molecular complexity index is 711. The molecule has 7 heteroatoms. The lowest BCUT2D eigenvalue weighted by molar-refractivity contribution is 0.101. The third kappa shape index (κ3) is 2.29. The van der Waals surface area contributed by atoms with E-state index in [1.807, 2.05) is 10.8 Å². The van der Waals surface area contributed by atoms with Crippen LogP contribution in [0.1, 0.15) is 53.8 Å². The number of carbonyl (C=O) groups excluding carboxylic acids is 1. The number of halogens is 1. The normalized spacial score (nSPS) is 18.0. The molecule has 1 amide bonds. The lowest BCUT2D eigenvalue weighted by Gasteiger charge is -2.08. The van der Waals surface area contributed by atoms with Gasteiger partial charge in [-0.3, -0.25) is 14.8 Å². The minimum atomic E-state index is -0.170. The zero-order chi connectivity index (χ0) is 14.6. The predicted octanol–water partition coefficient (Wildman–Crippen LogP) is 2.84. The molecule has 0 atom stereocenters. The van der Waals surface area contributed by atoms with E-state index in [9.17, 15) is 4.79 Å². The van der Waals surface area contributed by atoms with Crippen LogP contribution in [0.5, 0.6) is 0 Å². The topological polar surface area (TPSA) is 64.7 Å². The van der Waals surface area contributed by atoms with Crippen molar-refractivity contribution >= 4 is 27.8 Å². The van der Waals surface area contributed by atoms with Gasteiger partial charge in [-0.25, -0.2) is 4.98 Å². The highest BCUT2D eigenvalue weighted by Crippen LogP contribution is 2.43. The summed E-state index contributed by atoms with van der Waals surface area (Å²) in [5.74, 6) is 0.945. The van der Waals surface area contributed by atoms with Crippen LogP contribution < -0.4 is 5.32 Å². The number of imidazole rings is 1. The van der Waals surface area contributed by atoms with Gasteiger partial charge in [0.1, 0.15) is 5.69 Å². The summed E-state index contributed by atoms with van der Waals surface area (Å²) in [7, 11) is 1.80. The molecule has 2 aliphatic carbocycles. The van der Waals surface area contributed by atoms with Gasteiger partial charge in [-0.1, -0.05) is 0 Å². The largest absolute Gasteiger partial charge is 0.314 e. The molecule has 2 aromatic heterocycles. The Morgan fingerprint density at radius 2 is 2.14 bits per heavy atom. The number of anilines is 1. The first kappa shape index (κ1) is 13.1. The molecule has 2 fully saturated rings. The summed E-state index contributed by atoms with van der Waals surface area (Å²) in [4.78, 5) is 16.8. The van der Waals surface area contributed by atoms with Crippen LogP contribution in [0, 0.1) is 0 Å². The zero-order valence-corrected chi connectivity index (χ0v) is 13.3. The van der Waals surface area contributed by atoms with Crippen molar-refractivity contribution in [3.8, 4) is 0 Å². The molecule has 0 bridgehead atoms. The Morgan fingerprint density at radius 1 is 1.38 bits per heavy atom. The van der Waals surface area contributed by atoms with E-state index in [0.717, 1.165) is 35.8 Å². The van der Waals surface area contributed by atoms with E-state index in [0.29, 0.717) is 23.6 Å². The Kier molecular flexibility index (Phi) is 2.92. The molecule has 4 rings (SSSR count). The molecule has 2 aliphatic rings. The van der Waals surface area contributed by atoms with Crippen molar-refractivity contribution in [2.24, 2.45) is 7.05 Å². The molecule has 2 heterocycles. The second kappa shape index (κ2) is 4.69. The van der Waals surface area contributed by atoms with Gasteiger partial charge in [-0.05, 0) is 41.6 Å². The van der Waals surface area contributed by atoms with Gasteiger partial charge in [0.2, 0.25) is 5.95 Å². The molecule has 0 aromatic carbocycles. The lowest BCUT2D eigenvalue weighted by Crippen LogP contribution is -2.19. The number of aromatic nitrogens is 4. The van der Waals surface area contributed by atoms with E-state index in [4.69, 9.17) is 0 Å². The molecule has 2 saturated carbocycles.